The molecule has 1 N–H and O–H groups in total. The molecule has 0 bridgehead atoms. The summed E-state index contributed by atoms with van der Waals surface area (Å²) in [5, 5.41) is 7.83. The van der Waals surface area contributed by atoms with Gasteiger partial charge in [0.2, 0.25) is 11.1 Å². The minimum atomic E-state index is -0.139. The van der Waals surface area contributed by atoms with Crippen LogP contribution in [-0.4, -0.2) is 38.4 Å². The summed E-state index contributed by atoms with van der Waals surface area (Å²) in [5.74, 6) is 1.29. The predicted molar refractivity (Wildman–Crippen MR) is 107 cm³/mol. The van der Waals surface area contributed by atoms with E-state index in [1.165, 1.54) is 11.8 Å². The van der Waals surface area contributed by atoms with Gasteiger partial charge in [-0.15, -0.1) is 11.7 Å². The number of carbonyl (C=O) groups is 1. The molecule has 0 fully saturated rings. The highest BCUT2D eigenvalue weighted by molar-refractivity contribution is 7.99. The van der Waals surface area contributed by atoms with E-state index in [1.807, 2.05) is 38.1 Å². The number of thioether (sulfide) groups is 1. The molecular weight excluding hydrogens is 362 g/mol. The van der Waals surface area contributed by atoms with Gasteiger partial charge in [0.1, 0.15) is 5.75 Å². The molecule has 0 saturated carbocycles. The average Bonchev–Trinajstić information content (AvgIpc) is 3.06. The quantitative estimate of drug-likeness (QED) is 0.498. The fourth-order valence-electron chi connectivity index (χ4n) is 2.72. The van der Waals surface area contributed by atoms with Crippen molar-refractivity contribution in [2.45, 2.75) is 25.4 Å². The fraction of sp³-hybridized carbons (Fsp3) is 0.263. The highest BCUT2D eigenvalue weighted by atomic mass is 32.2. The second-order valence-electron chi connectivity index (χ2n) is 5.93. The van der Waals surface area contributed by atoms with Crippen LogP contribution in [0.3, 0.4) is 0 Å². The topological polar surface area (TPSA) is 81.4 Å². The number of aryl methyl sites for hydroxylation is 2. The molecule has 8 heteroatoms. The second kappa shape index (κ2) is 8.22. The van der Waals surface area contributed by atoms with Crippen LogP contribution in [0.15, 0.2) is 42.1 Å². The van der Waals surface area contributed by atoms with Gasteiger partial charge in [0, 0.05) is 23.1 Å². The number of nitrogens with one attached hydrogen (secondary N) is 1. The average molecular weight is 383 g/mol. The van der Waals surface area contributed by atoms with Gasteiger partial charge in [0.05, 0.1) is 12.9 Å². The number of methoxy groups -OCH3 is 1. The lowest BCUT2D eigenvalue weighted by Crippen LogP contribution is -2.14. The number of hydrogen-bond acceptors (Lipinski definition) is 6. The van der Waals surface area contributed by atoms with Crippen LogP contribution in [0.4, 0.5) is 5.69 Å². The summed E-state index contributed by atoms with van der Waals surface area (Å²) in [6.07, 6.45) is 2.57. The van der Waals surface area contributed by atoms with E-state index in [4.69, 9.17) is 4.74 Å². The maximum absolute atomic E-state index is 12.2. The van der Waals surface area contributed by atoms with Crippen molar-refractivity contribution >= 4 is 29.1 Å². The van der Waals surface area contributed by atoms with E-state index < -0.39 is 0 Å². The molecule has 2 aromatic heterocycles. The molecule has 3 rings (SSSR count). The number of rotatable bonds is 7. The number of aromatic nitrogens is 4. The molecular formula is C19H21N5O2S. The predicted octanol–water partition coefficient (Wildman–Crippen LogP) is 3.21. The summed E-state index contributed by atoms with van der Waals surface area (Å²) in [7, 11) is 1.59. The van der Waals surface area contributed by atoms with Crippen LogP contribution in [-0.2, 0) is 11.2 Å². The van der Waals surface area contributed by atoms with Gasteiger partial charge in [-0.25, -0.2) is 9.50 Å². The summed E-state index contributed by atoms with van der Waals surface area (Å²) >= 11 is 1.27. The molecule has 0 aliphatic carbocycles. The Morgan fingerprint density at radius 3 is 2.93 bits per heavy atom. The first-order valence-electron chi connectivity index (χ1n) is 8.42. The SMILES string of the molecule is C=CCc1c(C)nc2nc(SCC(=O)Nc3cccc(OC)c3)nn2c1C. The molecule has 0 saturated heterocycles. The number of hydrogen-bond donors (Lipinski definition) is 1. The van der Waals surface area contributed by atoms with Gasteiger partial charge in [-0.3, -0.25) is 4.79 Å². The van der Waals surface area contributed by atoms with Gasteiger partial charge in [-0.2, -0.15) is 4.98 Å². The van der Waals surface area contributed by atoms with Crippen LogP contribution in [0, 0.1) is 13.8 Å². The van der Waals surface area contributed by atoms with Crippen LogP contribution < -0.4 is 10.1 Å². The van der Waals surface area contributed by atoms with Crippen LogP contribution >= 0.6 is 11.8 Å². The Kier molecular flexibility index (Phi) is 5.75. The van der Waals surface area contributed by atoms with Gasteiger partial charge in [-0.1, -0.05) is 23.9 Å². The Morgan fingerprint density at radius 1 is 1.37 bits per heavy atom. The second-order valence-corrected chi connectivity index (χ2v) is 6.87. The first-order valence-corrected chi connectivity index (χ1v) is 9.41. The monoisotopic (exact) mass is 383 g/mol. The number of anilines is 1. The van der Waals surface area contributed by atoms with Gasteiger partial charge in [0.25, 0.3) is 5.78 Å². The Labute approximate surface area is 161 Å². The summed E-state index contributed by atoms with van der Waals surface area (Å²) in [6.45, 7) is 7.73. The highest BCUT2D eigenvalue weighted by Gasteiger charge is 2.14. The van der Waals surface area contributed by atoms with Gasteiger partial charge >= 0.3 is 0 Å². The summed E-state index contributed by atoms with van der Waals surface area (Å²) in [6, 6.07) is 7.22. The highest BCUT2D eigenvalue weighted by Crippen LogP contribution is 2.20. The number of nitrogens with zero attached hydrogens (tertiary/aromatic N) is 4. The zero-order valence-electron chi connectivity index (χ0n) is 15.5. The van der Waals surface area contributed by atoms with E-state index in [0.717, 1.165) is 23.4 Å². The van der Waals surface area contributed by atoms with Crippen molar-refractivity contribution in [3.63, 3.8) is 0 Å². The maximum Gasteiger partial charge on any atom is 0.253 e. The third kappa shape index (κ3) is 4.28. The van der Waals surface area contributed by atoms with Crippen molar-refractivity contribution in [1.29, 1.82) is 0 Å². The molecule has 27 heavy (non-hydrogen) atoms. The smallest absolute Gasteiger partial charge is 0.253 e. The number of ether oxygens (including phenoxy) is 1. The minimum absolute atomic E-state index is 0.139. The third-order valence-corrected chi connectivity index (χ3v) is 4.90. The zero-order chi connectivity index (χ0) is 19.4. The van der Waals surface area contributed by atoms with Crippen molar-refractivity contribution in [3.05, 3.63) is 53.9 Å². The van der Waals surface area contributed by atoms with Crippen LogP contribution in [0.5, 0.6) is 5.75 Å². The standard InChI is InChI=1S/C19H21N5O2S/c1-5-7-16-12(2)20-18-22-19(23-24(18)13(16)3)27-11-17(25)21-14-8-6-9-15(10-14)26-4/h5-6,8-10H,1,7,11H2,2-4H3,(H,21,25). The van der Waals surface area contributed by atoms with Crippen LogP contribution in [0.25, 0.3) is 5.78 Å². The Balaban J connectivity index is 1.70. The summed E-state index contributed by atoms with van der Waals surface area (Å²) in [4.78, 5) is 21.1. The molecule has 0 radical (unpaired) electrons. The molecule has 1 aromatic carbocycles. The molecule has 2 heterocycles. The minimum Gasteiger partial charge on any atom is -0.497 e. The molecule has 0 spiro atoms. The molecule has 1 amide bonds. The normalized spacial score (nSPS) is 10.8. The molecule has 0 aliphatic rings. The first-order chi connectivity index (χ1) is 13.0. The Morgan fingerprint density at radius 2 is 2.19 bits per heavy atom. The number of carbonyl (C=O) groups excluding carboxylic acids is 1. The number of fused-ring (bicyclic) bond motifs is 1. The molecule has 0 atom stereocenters. The van der Waals surface area contributed by atoms with E-state index in [1.54, 1.807) is 17.7 Å². The number of allylic oxidation sites excluding steroid dienone is 1. The van der Waals surface area contributed by atoms with Gasteiger partial charge < -0.3 is 10.1 Å². The third-order valence-electron chi connectivity index (χ3n) is 4.06. The van der Waals surface area contributed by atoms with Crippen molar-refractivity contribution in [2.24, 2.45) is 0 Å². The number of amides is 1. The Hall–Kier alpha value is -2.87. The van der Waals surface area contributed by atoms with E-state index in [9.17, 15) is 4.79 Å². The lowest BCUT2D eigenvalue weighted by Gasteiger charge is -2.07. The van der Waals surface area contributed by atoms with Crippen molar-refractivity contribution in [3.8, 4) is 5.75 Å². The molecule has 0 aliphatic heterocycles. The largest absolute Gasteiger partial charge is 0.497 e. The van der Waals surface area contributed by atoms with Gasteiger partial charge in [0.15, 0.2) is 0 Å². The van der Waals surface area contributed by atoms with Crippen LogP contribution in [0.2, 0.25) is 0 Å². The molecule has 7 nitrogen and oxygen atoms in total. The van der Waals surface area contributed by atoms with E-state index in [2.05, 4.69) is 27.0 Å². The van der Waals surface area contributed by atoms with Crippen molar-refractivity contribution in [2.75, 3.05) is 18.2 Å². The van der Waals surface area contributed by atoms with Crippen molar-refractivity contribution < 1.29 is 9.53 Å². The fourth-order valence-corrected chi connectivity index (χ4v) is 3.34. The molecule has 3 aromatic rings. The van der Waals surface area contributed by atoms with E-state index in [-0.39, 0.29) is 11.7 Å². The first kappa shape index (κ1) is 18.9. The summed E-state index contributed by atoms with van der Waals surface area (Å²) < 4.78 is 6.87. The van der Waals surface area contributed by atoms with E-state index in [0.29, 0.717) is 22.4 Å². The lowest BCUT2D eigenvalue weighted by molar-refractivity contribution is -0.113. The zero-order valence-corrected chi connectivity index (χ0v) is 16.3. The summed E-state index contributed by atoms with van der Waals surface area (Å²) in [5.41, 5.74) is 3.68. The molecule has 0 unspecified atom stereocenters. The number of benzene rings is 1. The van der Waals surface area contributed by atoms with Gasteiger partial charge in [-0.05, 0) is 38.0 Å². The van der Waals surface area contributed by atoms with Crippen molar-refractivity contribution in [1.82, 2.24) is 19.6 Å². The molecule has 140 valence electrons. The van der Waals surface area contributed by atoms with E-state index >= 15 is 0 Å². The Bertz CT molecular complexity index is 999. The lowest BCUT2D eigenvalue weighted by atomic mass is 10.1. The maximum atomic E-state index is 12.2. The van der Waals surface area contributed by atoms with Crippen LogP contribution in [0.1, 0.15) is 17.0 Å².